The van der Waals surface area contributed by atoms with Gasteiger partial charge in [0, 0.05) is 19.1 Å². The lowest BCUT2D eigenvalue weighted by Gasteiger charge is -2.22. The molecule has 1 fully saturated rings. The molecule has 1 saturated carbocycles. The first-order chi connectivity index (χ1) is 8.72. The Morgan fingerprint density at radius 2 is 2.44 bits per heavy atom. The number of hydrogen-bond donors (Lipinski definition) is 2. The Labute approximate surface area is 112 Å². The molecule has 18 heavy (non-hydrogen) atoms. The molecule has 0 saturated heterocycles. The Balaban J connectivity index is 1.79. The third kappa shape index (κ3) is 3.46. The van der Waals surface area contributed by atoms with Crippen molar-refractivity contribution in [1.29, 1.82) is 0 Å². The second-order valence-corrected chi connectivity index (χ2v) is 5.57. The maximum atomic E-state index is 12.0. The van der Waals surface area contributed by atoms with Crippen LogP contribution in [0.2, 0.25) is 0 Å². The third-order valence-corrected chi connectivity index (χ3v) is 3.96. The molecule has 5 heteroatoms. The van der Waals surface area contributed by atoms with Crippen molar-refractivity contribution in [3.63, 3.8) is 0 Å². The molecular formula is C13H20N2O2S. The number of nitrogens with zero attached hydrogens (tertiary/aromatic N) is 1. The lowest BCUT2D eigenvalue weighted by molar-refractivity contribution is 0.173. The second kappa shape index (κ2) is 6.20. The number of nitrogens with one attached hydrogen (secondary N) is 1. The van der Waals surface area contributed by atoms with E-state index >= 15 is 0 Å². The van der Waals surface area contributed by atoms with E-state index in [1.54, 1.807) is 16.2 Å². The minimum Gasteiger partial charge on any atom is -0.395 e. The van der Waals surface area contributed by atoms with Gasteiger partial charge in [-0.25, -0.2) is 4.79 Å². The molecular weight excluding hydrogens is 248 g/mol. The number of thiophene rings is 1. The van der Waals surface area contributed by atoms with Gasteiger partial charge in [-0.3, -0.25) is 0 Å². The molecule has 1 aromatic rings. The van der Waals surface area contributed by atoms with Gasteiger partial charge in [0.05, 0.1) is 6.61 Å². The van der Waals surface area contributed by atoms with Crippen LogP contribution in [0.15, 0.2) is 16.8 Å². The van der Waals surface area contributed by atoms with E-state index < -0.39 is 0 Å². The summed E-state index contributed by atoms with van der Waals surface area (Å²) in [5.41, 5.74) is 1.26. The zero-order valence-corrected chi connectivity index (χ0v) is 11.4. The van der Waals surface area contributed by atoms with E-state index in [1.807, 2.05) is 0 Å². The van der Waals surface area contributed by atoms with Gasteiger partial charge < -0.3 is 15.3 Å². The normalized spacial score (nSPS) is 16.3. The molecule has 1 aromatic heterocycles. The summed E-state index contributed by atoms with van der Waals surface area (Å²) in [6, 6.07) is 2.38. The van der Waals surface area contributed by atoms with Crippen LogP contribution in [-0.2, 0) is 0 Å². The average Bonchev–Trinajstić information content (AvgIpc) is 3.06. The fourth-order valence-corrected chi connectivity index (χ4v) is 2.74. The predicted octanol–water partition coefficient (Wildman–Crippen LogP) is 2.02. The molecule has 2 rings (SSSR count). The molecule has 4 nitrogen and oxygen atoms in total. The Bertz CT molecular complexity index is 376. The molecule has 0 aliphatic heterocycles. The zero-order chi connectivity index (χ0) is 13.0. The van der Waals surface area contributed by atoms with Crippen LogP contribution >= 0.6 is 11.3 Å². The van der Waals surface area contributed by atoms with Gasteiger partial charge in [0.2, 0.25) is 0 Å². The minimum atomic E-state index is -0.0476. The van der Waals surface area contributed by atoms with E-state index in [4.69, 9.17) is 5.11 Å². The monoisotopic (exact) mass is 268 g/mol. The van der Waals surface area contributed by atoms with Crippen molar-refractivity contribution in [3.8, 4) is 0 Å². The fraction of sp³-hybridized carbons (Fsp3) is 0.615. The van der Waals surface area contributed by atoms with Crippen molar-refractivity contribution in [1.82, 2.24) is 10.2 Å². The second-order valence-electron chi connectivity index (χ2n) is 4.79. The zero-order valence-electron chi connectivity index (χ0n) is 10.6. The van der Waals surface area contributed by atoms with Gasteiger partial charge in [0.15, 0.2) is 0 Å². The molecule has 1 aliphatic carbocycles. The van der Waals surface area contributed by atoms with Crippen LogP contribution in [0, 0.1) is 0 Å². The molecule has 0 radical (unpaired) electrons. The van der Waals surface area contributed by atoms with Crippen molar-refractivity contribution in [3.05, 3.63) is 22.4 Å². The Kier molecular flexibility index (Phi) is 4.60. The number of carbonyl (C=O) groups excluding carboxylic acids is 1. The molecule has 1 heterocycles. The quantitative estimate of drug-likeness (QED) is 0.829. The topological polar surface area (TPSA) is 52.6 Å². The van der Waals surface area contributed by atoms with Crippen LogP contribution in [0.3, 0.4) is 0 Å². The molecule has 100 valence electrons. The van der Waals surface area contributed by atoms with Crippen LogP contribution < -0.4 is 5.32 Å². The smallest absolute Gasteiger partial charge is 0.317 e. The summed E-state index contributed by atoms with van der Waals surface area (Å²) in [4.78, 5) is 13.7. The maximum Gasteiger partial charge on any atom is 0.317 e. The molecule has 1 unspecified atom stereocenters. The number of aliphatic hydroxyl groups is 1. The van der Waals surface area contributed by atoms with Gasteiger partial charge >= 0.3 is 6.03 Å². The lowest BCUT2D eigenvalue weighted by atomic mass is 10.1. The highest BCUT2D eigenvalue weighted by Gasteiger charge is 2.32. The molecule has 0 bridgehead atoms. The number of carbonyl (C=O) groups is 1. The highest BCUT2D eigenvalue weighted by Crippen LogP contribution is 2.26. The highest BCUT2D eigenvalue weighted by atomic mass is 32.1. The fourth-order valence-electron chi connectivity index (χ4n) is 1.96. The average molecular weight is 268 g/mol. The minimum absolute atomic E-state index is 0.0318. The number of urea groups is 1. The first-order valence-electron chi connectivity index (χ1n) is 6.39. The number of aliphatic hydroxyl groups excluding tert-OH is 1. The third-order valence-electron chi connectivity index (χ3n) is 3.26. The van der Waals surface area contributed by atoms with Crippen molar-refractivity contribution in [2.24, 2.45) is 0 Å². The van der Waals surface area contributed by atoms with Gasteiger partial charge in [-0.05, 0) is 41.1 Å². The standard InChI is InChI=1S/C13H20N2O2S/c1-10(11-4-7-18-9-11)8-14-13(17)15(5-6-16)12-2-3-12/h4,7,9-10,12,16H,2-3,5-6,8H2,1H3,(H,14,17). The molecule has 0 aromatic carbocycles. The van der Waals surface area contributed by atoms with Crippen molar-refractivity contribution in [2.75, 3.05) is 19.7 Å². The van der Waals surface area contributed by atoms with E-state index in [2.05, 4.69) is 29.1 Å². The molecule has 1 aliphatic rings. The summed E-state index contributed by atoms with van der Waals surface area (Å²) < 4.78 is 0. The van der Waals surface area contributed by atoms with E-state index in [1.165, 1.54) is 5.56 Å². The highest BCUT2D eigenvalue weighted by molar-refractivity contribution is 7.07. The lowest BCUT2D eigenvalue weighted by Crippen LogP contribution is -2.43. The predicted molar refractivity (Wildman–Crippen MR) is 72.9 cm³/mol. The largest absolute Gasteiger partial charge is 0.395 e. The molecule has 2 N–H and O–H groups in total. The summed E-state index contributed by atoms with van der Waals surface area (Å²) in [6.45, 7) is 3.22. The molecule has 0 spiro atoms. The van der Waals surface area contributed by atoms with Gasteiger partial charge in [0.25, 0.3) is 0 Å². The first-order valence-corrected chi connectivity index (χ1v) is 7.34. The first kappa shape index (κ1) is 13.4. The van der Waals surface area contributed by atoms with E-state index in [0.29, 0.717) is 25.0 Å². The number of rotatable bonds is 6. The maximum absolute atomic E-state index is 12.0. The van der Waals surface area contributed by atoms with Crippen molar-refractivity contribution >= 4 is 17.4 Å². The summed E-state index contributed by atoms with van der Waals surface area (Å²) in [6.07, 6.45) is 2.13. The molecule has 1 atom stereocenters. The van der Waals surface area contributed by atoms with Gasteiger partial charge in [-0.15, -0.1) is 0 Å². The Hall–Kier alpha value is -1.07. The van der Waals surface area contributed by atoms with E-state index in [0.717, 1.165) is 12.8 Å². The summed E-state index contributed by atoms with van der Waals surface area (Å²) >= 11 is 1.68. The van der Waals surface area contributed by atoms with Crippen LogP contribution in [0.1, 0.15) is 31.2 Å². The van der Waals surface area contributed by atoms with Crippen LogP contribution in [0.5, 0.6) is 0 Å². The van der Waals surface area contributed by atoms with E-state index in [9.17, 15) is 4.79 Å². The Morgan fingerprint density at radius 3 is 3.00 bits per heavy atom. The number of amides is 2. The summed E-state index contributed by atoms with van der Waals surface area (Å²) in [5, 5.41) is 16.1. The number of hydrogen-bond acceptors (Lipinski definition) is 3. The van der Waals surface area contributed by atoms with Gasteiger partial charge in [-0.2, -0.15) is 11.3 Å². The summed E-state index contributed by atoms with van der Waals surface area (Å²) in [7, 11) is 0. The Morgan fingerprint density at radius 1 is 1.67 bits per heavy atom. The van der Waals surface area contributed by atoms with Crippen molar-refractivity contribution in [2.45, 2.75) is 31.7 Å². The van der Waals surface area contributed by atoms with Crippen LogP contribution in [-0.4, -0.2) is 41.8 Å². The van der Waals surface area contributed by atoms with Gasteiger partial charge in [-0.1, -0.05) is 6.92 Å². The molecule has 2 amide bonds. The van der Waals surface area contributed by atoms with Crippen LogP contribution in [0.25, 0.3) is 0 Å². The van der Waals surface area contributed by atoms with Gasteiger partial charge in [0.1, 0.15) is 0 Å². The SMILES string of the molecule is CC(CNC(=O)N(CCO)C1CC1)c1ccsc1. The summed E-state index contributed by atoms with van der Waals surface area (Å²) in [5.74, 6) is 0.329. The van der Waals surface area contributed by atoms with E-state index in [-0.39, 0.29) is 12.6 Å². The van der Waals surface area contributed by atoms with Crippen LogP contribution in [0.4, 0.5) is 4.79 Å². The van der Waals surface area contributed by atoms with Crippen molar-refractivity contribution < 1.29 is 9.90 Å².